The summed E-state index contributed by atoms with van der Waals surface area (Å²) in [5, 5.41) is 18.4. The molecule has 0 spiro atoms. The van der Waals surface area contributed by atoms with Gasteiger partial charge in [0.05, 0.1) is 13.2 Å². The van der Waals surface area contributed by atoms with Gasteiger partial charge in [0.25, 0.3) is 0 Å². The number of hydrogen-bond acceptors (Lipinski definition) is 4. The third-order valence-corrected chi connectivity index (χ3v) is 2.36. The number of para-hydroxylation sites is 1. The fourth-order valence-electron chi connectivity index (χ4n) is 1.51. The first-order valence-electron chi connectivity index (χ1n) is 5.33. The minimum atomic E-state index is -0.892. The van der Waals surface area contributed by atoms with E-state index in [0.717, 1.165) is 0 Å². The van der Waals surface area contributed by atoms with Gasteiger partial charge < -0.3 is 14.9 Å². The molecule has 17 heavy (non-hydrogen) atoms. The molecule has 0 radical (unpaired) electrons. The van der Waals surface area contributed by atoms with Crippen LogP contribution < -0.4 is 0 Å². The first-order chi connectivity index (χ1) is 8.13. The molecular weight excluding hydrogens is 222 g/mol. The van der Waals surface area contributed by atoms with Crippen LogP contribution >= 0.6 is 0 Å². The van der Waals surface area contributed by atoms with Crippen LogP contribution in [0.5, 0.6) is 5.75 Å². The third kappa shape index (κ3) is 4.84. The van der Waals surface area contributed by atoms with Gasteiger partial charge in [0.1, 0.15) is 5.75 Å². The van der Waals surface area contributed by atoms with Crippen molar-refractivity contribution in [2.75, 3.05) is 26.8 Å². The maximum Gasteiger partial charge on any atom is 0.317 e. The number of phenolic OH excluding ortho intramolecular Hbond substituents is 1. The smallest absolute Gasteiger partial charge is 0.317 e. The number of hydrogen-bond donors (Lipinski definition) is 2. The summed E-state index contributed by atoms with van der Waals surface area (Å²) in [7, 11) is 1.57. The molecule has 0 aliphatic rings. The molecular formula is C12H17NO4. The molecule has 0 bridgehead atoms. The number of carboxylic acid groups (broad SMARTS) is 1. The summed E-state index contributed by atoms with van der Waals surface area (Å²) in [6.07, 6.45) is 0. The molecule has 1 rings (SSSR count). The SMILES string of the molecule is COCCN(CC(=O)O)Cc1ccccc1O. The van der Waals surface area contributed by atoms with E-state index >= 15 is 0 Å². The van der Waals surface area contributed by atoms with Gasteiger partial charge in [0.2, 0.25) is 0 Å². The Morgan fingerprint density at radius 1 is 1.41 bits per heavy atom. The summed E-state index contributed by atoms with van der Waals surface area (Å²) >= 11 is 0. The molecule has 5 nitrogen and oxygen atoms in total. The molecule has 0 heterocycles. The molecule has 0 unspecified atom stereocenters. The first kappa shape index (κ1) is 13.5. The van der Waals surface area contributed by atoms with Gasteiger partial charge in [-0.1, -0.05) is 18.2 Å². The molecule has 1 aromatic carbocycles. The van der Waals surface area contributed by atoms with Gasteiger partial charge in [-0.3, -0.25) is 9.69 Å². The van der Waals surface area contributed by atoms with Crippen molar-refractivity contribution in [2.45, 2.75) is 6.54 Å². The minimum absolute atomic E-state index is 0.0717. The van der Waals surface area contributed by atoms with Crippen molar-refractivity contribution in [3.8, 4) is 5.75 Å². The number of carbonyl (C=O) groups is 1. The van der Waals surface area contributed by atoms with Crippen molar-refractivity contribution in [2.24, 2.45) is 0 Å². The van der Waals surface area contributed by atoms with Crippen LogP contribution in [-0.2, 0) is 16.1 Å². The van der Waals surface area contributed by atoms with E-state index in [0.29, 0.717) is 25.3 Å². The van der Waals surface area contributed by atoms with Gasteiger partial charge in [-0.05, 0) is 6.07 Å². The maximum absolute atomic E-state index is 10.7. The van der Waals surface area contributed by atoms with E-state index in [4.69, 9.17) is 9.84 Å². The Bertz CT molecular complexity index is 367. The molecule has 0 aliphatic carbocycles. The van der Waals surface area contributed by atoms with E-state index in [1.165, 1.54) is 0 Å². The third-order valence-electron chi connectivity index (χ3n) is 2.36. The van der Waals surface area contributed by atoms with E-state index in [-0.39, 0.29) is 12.3 Å². The number of benzene rings is 1. The van der Waals surface area contributed by atoms with Crippen LogP contribution in [0.1, 0.15) is 5.56 Å². The van der Waals surface area contributed by atoms with E-state index < -0.39 is 5.97 Å². The van der Waals surface area contributed by atoms with Crippen molar-refractivity contribution in [1.82, 2.24) is 4.90 Å². The van der Waals surface area contributed by atoms with Gasteiger partial charge >= 0.3 is 5.97 Å². The van der Waals surface area contributed by atoms with Crippen molar-refractivity contribution >= 4 is 5.97 Å². The van der Waals surface area contributed by atoms with Crippen LogP contribution in [-0.4, -0.2) is 47.9 Å². The molecule has 0 saturated carbocycles. The first-order valence-corrected chi connectivity index (χ1v) is 5.33. The lowest BCUT2D eigenvalue weighted by molar-refractivity contribution is -0.138. The van der Waals surface area contributed by atoms with Crippen molar-refractivity contribution in [1.29, 1.82) is 0 Å². The molecule has 0 aromatic heterocycles. The number of nitrogens with zero attached hydrogens (tertiary/aromatic N) is 1. The Hall–Kier alpha value is -1.59. The van der Waals surface area contributed by atoms with Crippen LogP contribution in [0, 0.1) is 0 Å². The van der Waals surface area contributed by atoms with E-state index in [9.17, 15) is 9.90 Å². The Balaban J connectivity index is 2.64. The fraction of sp³-hybridized carbons (Fsp3) is 0.417. The lowest BCUT2D eigenvalue weighted by Gasteiger charge is -2.20. The number of methoxy groups -OCH3 is 1. The van der Waals surface area contributed by atoms with Crippen molar-refractivity contribution in [3.05, 3.63) is 29.8 Å². The normalized spacial score (nSPS) is 10.7. The van der Waals surface area contributed by atoms with Gasteiger partial charge in [-0.25, -0.2) is 0 Å². The Kier molecular flexibility index (Phi) is 5.45. The number of rotatable bonds is 7. The Morgan fingerprint density at radius 2 is 2.12 bits per heavy atom. The average Bonchev–Trinajstić information content (AvgIpc) is 2.28. The summed E-state index contributed by atoms with van der Waals surface area (Å²) < 4.78 is 4.92. The summed E-state index contributed by atoms with van der Waals surface area (Å²) in [6.45, 7) is 1.29. The summed E-state index contributed by atoms with van der Waals surface area (Å²) in [5.41, 5.74) is 0.713. The van der Waals surface area contributed by atoms with Gasteiger partial charge in [0.15, 0.2) is 0 Å². The minimum Gasteiger partial charge on any atom is -0.508 e. The highest BCUT2D eigenvalue weighted by Crippen LogP contribution is 2.17. The van der Waals surface area contributed by atoms with Gasteiger partial charge in [0, 0.05) is 25.8 Å². The van der Waals surface area contributed by atoms with Gasteiger partial charge in [-0.15, -0.1) is 0 Å². The number of carboxylic acids is 1. The number of phenols is 1. The molecule has 2 N–H and O–H groups in total. The van der Waals surface area contributed by atoms with E-state index in [2.05, 4.69) is 0 Å². The number of ether oxygens (including phenoxy) is 1. The number of aromatic hydroxyl groups is 1. The molecule has 0 aliphatic heterocycles. The number of aliphatic carboxylic acids is 1. The topological polar surface area (TPSA) is 70.0 Å². The second-order valence-electron chi connectivity index (χ2n) is 3.73. The Morgan fingerprint density at radius 3 is 2.71 bits per heavy atom. The molecule has 0 atom stereocenters. The van der Waals surface area contributed by atoms with Crippen LogP contribution in [0.15, 0.2) is 24.3 Å². The van der Waals surface area contributed by atoms with Crippen molar-refractivity contribution in [3.63, 3.8) is 0 Å². The highest BCUT2D eigenvalue weighted by molar-refractivity contribution is 5.69. The monoisotopic (exact) mass is 239 g/mol. The van der Waals surface area contributed by atoms with Crippen LogP contribution in [0.2, 0.25) is 0 Å². The second-order valence-corrected chi connectivity index (χ2v) is 3.73. The second kappa shape index (κ2) is 6.88. The predicted octanol–water partition coefficient (Wildman–Crippen LogP) is 0.925. The lowest BCUT2D eigenvalue weighted by Crippen LogP contribution is -2.32. The summed E-state index contributed by atoms with van der Waals surface area (Å²) in [6, 6.07) is 6.90. The predicted molar refractivity (Wildman–Crippen MR) is 62.9 cm³/mol. The molecule has 1 aromatic rings. The average molecular weight is 239 g/mol. The highest BCUT2D eigenvalue weighted by Gasteiger charge is 2.11. The summed E-state index contributed by atoms with van der Waals surface area (Å²) in [4.78, 5) is 12.4. The molecule has 0 saturated heterocycles. The fourth-order valence-corrected chi connectivity index (χ4v) is 1.51. The molecule has 0 fully saturated rings. The van der Waals surface area contributed by atoms with E-state index in [1.54, 1.807) is 30.2 Å². The molecule has 5 heteroatoms. The lowest BCUT2D eigenvalue weighted by atomic mass is 10.2. The quantitative estimate of drug-likeness (QED) is 0.740. The van der Waals surface area contributed by atoms with Gasteiger partial charge in [-0.2, -0.15) is 0 Å². The summed E-state index contributed by atoms with van der Waals surface area (Å²) in [5.74, 6) is -0.711. The van der Waals surface area contributed by atoms with Crippen LogP contribution in [0.4, 0.5) is 0 Å². The zero-order chi connectivity index (χ0) is 12.7. The van der Waals surface area contributed by atoms with Crippen LogP contribution in [0.3, 0.4) is 0 Å². The van der Waals surface area contributed by atoms with Crippen LogP contribution in [0.25, 0.3) is 0 Å². The van der Waals surface area contributed by atoms with E-state index in [1.807, 2.05) is 6.07 Å². The molecule has 0 amide bonds. The van der Waals surface area contributed by atoms with Crippen molar-refractivity contribution < 1.29 is 19.7 Å². The highest BCUT2D eigenvalue weighted by atomic mass is 16.5. The zero-order valence-electron chi connectivity index (χ0n) is 9.80. The molecule has 94 valence electrons. The largest absolute Gasteiger partial charge is 0.508 e. The maximum atomic E-state index is 10.7. The Labute approximate surface area is 100 Å². The zero-order valence-corrected chi connectivity index (χ0v) is 9.80. The standard InChI is InChI=1S/C12H17NO4/c1-17-7-6-13(9-12(15)16)8-10-4-2-3-5-11(10)14/h2-5,14H,6-9H2,1H3,(H,15,16).